The number of hydrogen-bond acceptors (Lipinski definition) is 0. The molecule has 1 aliphatic rings. The van der Waals surface area contributed by atoms with Gasteiger partial charge in [0.15, 0.2) is 0 Å². The van der Waals surface area contributed by atoms with Gasteiger partial charge in [-0.2, -0.15) is 0 Å². The topological polar surface area (TPSA) is 0 Å². The first-order valence-corrected chi connectivity index (χ1v) is 8.01. The van der Waals surface area contributed by atoms with E-state index in [-0.39, 0.29) is 0 Å². The van der Waals surface area contributed by atoms with E-state index in [0.717, 1.165) is 35.5 Å². The van der Waals surface area contributed by atoms with Crippen LogP contribution in [0.25, 0.3) is 0 Å². The van der Waals surface area contributed by atoms with Gasteiger partial charge in [0.2, 0.25) is 0 Å². The highest BCUT2D eigenvalue weighted by Crippen LogP contribution is 2.55. The second-order valence-electron chi connectivity index (χ2n) is 7.04. The molecule has 0 heterocycles. The average molecular weight is 238 g/mol. The van der Waals surface area contributed by atoms with Crippen LogP contribution in [0.15, 0.2) is 0 Å². The molecule has 0 radical (unpaired) electrons. The summed E-state index contributed by atoms with van der Waals surface area (Å²) < 4.78 is 0. The molecule has 4 unspecified atom stereocenters. The van der Waals surface area contributed by atoms with E-state index in [1.807, 2.05) is 0 Å². The lowest BCUT2D eigenvalue weighted by molar-refractivity contribution is 0.351. The van der Waals surface area contributed by atoms with Gasteiger partial charge in [0.1, 0.15) is 0 Å². The predicted molar refractivity (Wildman–Crippen MR) is 78.1 cm³/mol. The van der Waals surface area contributed by atoms with E-state index in [0.29, 0.717) is 0 Å². The molecule has 0 aromatic carbocycles. The molecule has 1 aliphatic carbocycles. The van der Waals surface area contributed by atoms with Crippen molar-refractivity contribution < 1.29 is 0 Å². The number of rotatable bonds is 8. The Balaban J connectivity index is 2.30. The Morgan fingerprint density at radius 3 is 1.94 bits per heavy atom. The van der Waals surface area contributed by atoms with Crippen molar-refractivity contribution in [1.82, 2.24) is 0 Å². The van der Waals surface area contributed by atoms with Crippen LogP contribution < -0.4 is 0 Å². The first-order chi connectivity index (χ1) is 8.01. The highest BCUT2D eigenvalue weighted by Gasteiger charge is 2.49. The molecule has 0 nitrogen and oxygen atoms in total. The third-order valence-electron chi connectivity index (χ3n) is 4.93. The van der Waals surface area contributed by atoms with Crippen molar-refractivity contribution in [1.29, 1.82) is 0 Å². The van der Waals surface area contributed by atoms with Crippen molar-refractivity contribution in [3.05, 3.63) is 0 Å². The average Bonchev–Trinajstić information content (AvgIpc) is 2.97. The quantitative estimate of drug-likeness (QED) is 0.504. The van der Waals surface area contributed by atoms with Gasteiger partial charge in [-0.15, -0.1) is 0 Å². The zero-order chi connectivity index (χ0) is 13.0. The minimum atomic E-state index is 0.877. The zero-order valence-corrected chi connectivity index (χ0v) is 13.0. The molecule has 17 heavy (non-hydrogen) atoms. The molecule has 0 heteroatoms. The third kappa shape index (κ3) is 4.30. The summed E-state index contributed by atoms with van der Waals surface area (Å²) in [6.07, 6.45) is 7.22. The Hall–Kier alpha value is 0. The summed E-state index contributed by atoms with van der Waals surface area (Å²) in [6, 6.07) is 0. The molecule has 4 atom stereocenters. The van der Waals surface area contributed by atoms with Gasteiger partial charge in [-0.1, -0.05) is 60.8 Å². The zero-order valence-electron chi connectivity index (χ0n) is 13.0. The fourth-order valence-electron chi connectivity index (χ4n) is 4.03. The molecular formula is C17H34. The van der Waals surface area contributed by atoms with Crippen LogP contribution in [0.5, 0.6) is 0 Å². The van der Waals surface area contributed by atoms with E-state index in [1.54, 1.807) is 0 Å². The van der Waals surface area contributed by atoms with Crippen LogP contribution in [0.2, 0.25) is 0 Å². The summed E-state index contributed by atoms with van der Waals surface area (Å²) in [5.74, 6) is 5.96. The molecule has 0 bridgehead atoms. The Morgan fingerprint density at radius 2 is 1.59 bits per heavy atom. The van der Waals surface area contributed by atoms with Crippen LogP contribution in [0.4, 0.5) is 0 Å². The van der Waals surface area contributed by atoms with Gasteiger partial charge in [-0.3, -0.25) is 0 Å². The SMILES string of the molecule is CCC(CCC1C(CC)C1C(C)C)CC(C)C. The maximum absolute atomic E-state index is 2.42. The van der Waals surface area contributed by atoms with E-state index in [2.05, 4.69) is 41.5 Å². The Kier molecular flexibility index (Phi) is 6.03. The minimum absolute atomic E-state index is 0.877. The van der Waals surface area contributed by atoms with Crippen molar-refractivity contribution in [2.75, 3.05) is 0 Å². The third-order valence-corrected chi connectivity index (χ3v) is 4.93. The molecule has 1 saturated carbocycles. The summed E-state index contributed by atoms with van der Waals surface area (Å²) in [7, 11) is 0. The molecule has 0 spiro atoms. The Labute approximate surface area is 110 Å². The summed E-state index contributed by atoms with van der Waals surface area (Å²) in [5, 5.41) is 0. The van der Waals surface area contributed by atoms with Gasteiger partial charge >= 0.3 is 0 Å². The van der Waals surface area contributed by atoms with Crippen molar-refractivity contribution in [2.24, 2.45) is 35.5 Å². The van der Waals surface area contributed by atoms with Gasteiger partial charge in [0.05, 0.1) is 0 Å². The van der Waals surface area contributed by atoms with E-state index in [1.165, 1.54) is 32.1 Å². The van der Waals surface area contributed by atoms with Gasteiger partial charge in [-0.05, 0) is 48.3 Å². The second kappa shape index (κ2) is 6.81. The van der Waals surface area contributed by atoms with Crippen molar-refractivity contribution >= 4 is 0 Å². The van der Waals surface area contributed by atoms with E-state index in [4.69, 9.17) is 0 Å². The predicted octanol–water partition coefficient (Wildman–Crippen LogP) is 5.77. The monoisotopic (exact) mass is 238 g/mol. The molecule has 0 aromatic heterocycles. The van der Waals surface area contributed by atoms with Crippen LogP contribution >= 0.6 is 0 Å². The molecule has 0 amide bonds. The molecule has 0 saturated heterocycles. The largest absolute Gasteiger partial charge is 0.0651 e. The minimum Gasteiger partial charge on any atom is -0.0651 e. The molecule has 1 rings (SSSR count). The summed E-state index contributed by atoms with van der Waals surface area (Å²) in [6.45, 7) is 14.3. The Bertz CT molecular complexity index is 204. The summed E-state index contributed by atoms with van der Waals surface area (Å²) >= 11 is 0. The normalized spacial score (nSPS) is 30.0. The molecular weight excluding hydrogens is 204 g/mol. The van der Waals surface area contributed by atoms with E-state index in [9.17, 15) is 0 Å². The van der Waals surface area contributed by atoms with Crippen molar-refractivity contribution in [2.45, 2.75) is 73.6 Å². The van der Waals surface area contributed by atoms with Crippen LogP contribution in [0.1, 0.15) is 73.6 Å². The number of hydrogen-bond donors (Lipinski definition) is 0. The lowest BCUT2D eigenvalue weighted by Crippen LogP contribution is -2.04. The summed E-state index contributed by atoms with van der Waals surface area (Å²) in [5.41, 5.74) is 0. The fourth-order valence-corrected chi connectivity index (χ4v) is 4.03. The molecule has 1 fully saturated rings. The maximum atomic E-state index is 2.42. The van der Waals surface area contributed by atoms with Gasteiger partial charge in [-0.25, -0.2) is 0 Å². The first kappa shape index (κ1) is 15.1. The molecule has 0 N–H and O–H groups in total. The second-order valence-corrected chi connectivity index (χ2v) is 7.04. The van der Waals surface area contributed by atoms with Gasteiger partial charge < -0.3 is 0 Å². The Morgan fingerprint density at radius 1 is 0.941 bits per heavy atom. The van der Waals surface area contributed by atoms with Crippen LogP contribution in [0, 0.1) is 35.5 Å². The molecule has 0 aromatic rings. The fraction of sp³-hybridized carbons (Fsp3) is 1.00. The van der Waals surface area contributed by atoms with Gasteiger partial charge in [0, 0.05) is 0 Å². The highest BCUT2D eigenvalue weighted by atomic mass is 14.5. The van der Waals surface area contributed by atoms with E-state index >= 15 is 0 Å². The van der Waals surface area contributed by atoms with Crippen LogP contribution in [-0.4, -0.2) is 0 Å². The highest BCUT2D eigenvalue weighted by molar-refractivity contribution is 4.97. The van der Waals surface area contributed by atoms with E-state index < -0.39 is 0 Å². The maximum Gasteiger partial charge on any atom is -0.0329 e. The smallest absolute Gasteiger partial charge is 0.0329 e. The summed E-state index contributed by atoms with van der Waals surface area (Å²) in [4.78, 5) is 0. The molecule has 102 valence electrons. The standard InChI is InChI=1S/C17H34/c1-7-14(11-12(3)4)9-10-16-15(8-2)17(16)13(5)6/h12-17H,7-11H2,1-6H3. The first-order valence-electron chi connectivity index (χ1n) is 8.01. The lowest BCUT2D eigenvalue weighted by Gasteiger charge is -2.17. The van der Waals surface area contributed by atoms with Crippen LogP contribution in [-0.2, 0) is 0 Å². The van der Waals surface area contributed by atoms with Crippen molar-refractivity contribution in [3.8, 4) is 0 Å². The van der Waals surface area contributed by atoms with Crippen LogP contribution in [0.3, 0.4) is 0 Å². The van der Waals surface area contributed by atoms with Gasteiger partial charge in [0.25, 0.3) is 0 Å². The van der Waals surface area contributed by atoms with Crippen molar-refractivity contribution in [3.63, 3.8) is 0 Å². The lowest BCUT2D eigenvalue weighted by atomic mass is 9.89. The molecule has 0 aliphatic heterocycles.